The number of methoxy groups -OCH3 is 1. The minimum Gasteiger partial charge on any atom is -0.496 e. The molecule has 1 unspecified atom stereocenters. The van der Waals surface area contributed by atoms with Crippen molar-refractivity contribution in [1.29, 1.82) is 5.26 Å². The van der Waals surface area contributed by atoms with Crippen LogP contribution >= 0.6 is 0 Å². The zero-order valence-electron chi connectivity index (χ0n) is 23.6. The van der Waals surface area contributed by atoms with Crippen molar-refractivity contribution in [3.05, 3.63) is 23.3 Å². The predicted molar refractivity (Wildman–Crippen MR) is 145 cm³/mol. The summed E-state index contributed by atoms with van der Waals surface area (Å²) in [6.07, 6.45) is 5.87. The van der Waals surface area contributed by atoms with Crippen molar-refractivity contribution in [2.24, 2.45) is 29.1 Å². The number of halogens is 1. The number of hydrogen-bond donors (Lipinski definition) is 3. The van der Waals surface area contributed by atoms with Crippen LogP contribution in [0.25, 0.3) is 0 Å². The number of alkyl halides is 1. The van der Waals surface area contributed by atoms with Crippen LogP contribution in [0, 0.1) is 40.4 Å². The van der Waals surface area contributed by atoms with E-state index in [1.54, 1.807) is 6.92 Å². The maximum absolute atomic E-state index is 14.4. The highest BCUT2D eigenvalue weighted by Gasteiger charge is 2.58. The average molecular weight is 568 g/mol. The number of hydrogen-bond acceptors (Lipinski definition) is 6. The standard InChI is InChI=1S/C31H38FN3O6/c1-30(29(38)39)7-5-20(6-8-30)41-23-11-21(24(40-2)10-18(23)15-33)27(36)35-26-17-4-3-16(9-17)25(26)28(37)34-22-14-31(32)12-19(22)13-31/h10-11,16-17,19-20,22,25-26H,3-9,12-14H2,1-2H3,(H,34,37)(H,35,36)(H,38,39)/t16-,17+,19?,20?,22?,25-,26+,30?,31?/m0/s1. The van der Waals surface area contributed by atoms with E-state index in [4.69, 9.17) is 9.47 Å². The molecule has 0 radical (unpaired) electrons. The smallest absolute Gasteiger partial charge is 0.309 e. The summed E-state index contributed by atoms with van der Waals surface area (Å²) in [5.74, 6) is -0.612. The van der Waals surface area contributed by atoms with E-state index in [2.05, 4.69) is 16.7 Å². The van der Waals surface area contributed by atoms with Crippen LogP contribution in [0.2, 0.25) is 0 Å². The topological polar surface area (TPSA) is 138 Å². The number of nitrogens with zero attached hydrogens (tertiary/aromatic N) is 1. The number of ether oxygens (including phenoxy) is 2. The first-order chi connectivity index (χ1) is 19.5. The van der Waals surface area contributed by atoms with Crippen LogP contribution in [0.15, 0.2) is 12.1 Å². The molecule has 0 heterocycles. The Labute approximate surface area is 239 Å². The number of amides is 2. The number of nitriles is 1. The van der Waals surface area contributed by atoms with Crippen molar-refractivity contribution in [1.82, 2.24) is 10.6 Å². The van der Waals surface area contributed by atoms with Gasteiger partial charge in [0.2, 0.25) is 5.91 Å². The maximum atomic E-state index is 14.4. The van der Waals surface area contributed by atoms with Gasteiger partial charge in [-0.2, -0.15) is 5.26 Å². The van der Waals surface area contributed by atoms with Crippen LogP contribution < -0.4 is 20.1 Å². The van der Waals surface area contributed by atoms with Gasteiger partial charge >= 0.3 is 5.97 Å². The van der Waals surface area contributed by atoms with Crippen molar-refractivity contribution in [2.75, 3.05) is 7.11 Å². The van der Waals surface area contributed by atoms with Gasteiger partial charge in [-0.05, 0) is 88.5 Å². The third kappa shape index (κ3) is 4.91. The van der Waals surface area contributed by atoms with Crippen LogP contribution in [0.1, 0.15) is 87.1 Å². The molecule has 0 spiro atoms. The summed E-state index contributed by atoms with van der Waals surface area (Å²) >= 11 is 0. The molecule has 0 aliphatic heterocycles. The molecular formula is C31H38FN3O6. The molecule has 5 atom stereocenters. The number of carbonyl (C=O) groups excluding carboxylic acids is 2. The predicted octanol–water partition coefficient (Wildman–Crippen LogP) is 4.13. The second-order valence-corrected chi connectivity index (χ2v) is 13.3. The molecule has 9 nitrogen and oxygen atoms in total. The third-order valence-electron chi connectivity index (χ3n) is 10.8. The quantitative estimate of drug-likeness (QED) is 0.429. The molecule has 41 heavy (non-hydrogen) atoms. The van der Waals surface area contributed by atoms with Gasteiger partial charge in [-0.25, -0.2) is 4.39 Å². The van der Waals surface area contributed by atoms with Crippen molar-refractivity contribution in [2.45, 2.75) is 95.0 Å². The summed E-state index contributed by atoms with van der Waals surface area (Å²) in [7, 11) is 1.43. The molecule has 6 saturated carbocycles. The SMILES string of the molecule is COc1cc(C#N)c(OC2CCC(C)(C(=O)O)CC2)cc1C(=O)N[C@@H]1[C@@H]2CC[C@@H](C2)[C@@H]1C(=O)NC1CC2(F)CC1C2. The molecule has 1 aromatic carbocycles. The first-order valence-corrected chi connectivity index (χ1v) is 14.8. The average Bonchev–Trinajstić information content (AvgIpc) is 3.69. The fourth-order valence-electron chi connectivity index (χ4n) is 8.28. The molecule has 6 aliphatic rings. The molecule has 2 amide bonds. The lowest BCUT2D eigenvalue weighted by Gasteiger charge is -2.34. The number of benzene rings is 1. The summed E-state index contributed by atoms with van der Waals surface area (Å²) in [6.45, 7) is 1.74. The van der Waals surface area contributed by atoms with Gasteiger partial charge < -0.3 is 25.2 Å². The second kappa shape index (κ2) is 10.2. The van der Waals surface area contributed by atoms with Crippen molar-refractivity contribution < 1.29 is 33.4 Å². The Morgan fingerprint density at radius 2 is 1.73 bits per heavy atom. The molecule has 3 N–H and O–H groups in total. The molecule has 4 bridgehead atoms. The van der Waals surface area contributed by atoms with E-state index >= 15 is 0 Å². The van der Waals surface area contributed by atoms with Crippen LogP contribution in [0.3, 0.4) is 0 Å². The van der Waals surface area contributed by atoms with Crippen LogP contribution in [0.4, 0.5) is 4.39 Å². The number of fused-ring (bicyclic) bond motifs is 3. The van der Waals surface area contributed by atoms with Gasteiger partial charge in [0, 0.05) is 24.6 Å². The Morgan fingerprint density at radius 1 is 1.02 bits per heavy atom. The third-order valence-corrected chi connectivity index (χ3v) is 10.8. The Balaban J connectivity index is 1.18. The molecule has 10 heteroatoms. The van der Waals surface area contributed by atoms with Gasteiger partial charge in [0.05, 0.1) is 35.7 Å². The Kier molecular flexibility index (Phi) is 6.90. The highest BCUT2D eigenvalue weighted by atomic mass is 19.1. The summed E-state index contributed by atoms with van der Waals surface area (Å²) in [5, 5.41) is 25.5. The highest BCUT2D eigenvalue weighted by Crippen LogP contribution is 2.55. The van der Waals surface area contributed by atoms with Crippen LogP contribution in [-0.2, 0) is 9.59 Å². The molecule has 6 aliphatic carbocycles. The molecule has 1 aromatic rings. The van der Waals surface area contributed by atoms with Crippen molar-refractivity contribution in [3.8, 4) is 17.6 Å². The summed E-state index contributed by atoms with van der Waals surface area (Å²) in [6, 6.07) is 4.65. The van der Waals surface area contributed by atoms with Gasteiger partial charge in [-0.1, -0.05) is 0 Å². The lowest BCUT2D eigenvalue weighted by Crippen LogP contribution is -2.51. The number of nitrogens with one attached hydrogen (secondary N) is 2. The zero-order chi connectivity index (χ0) is 29.1. The second-order valence-electron chi connectivity index (χ2n) is 13.3. The van der Waals surface area contributed by atoms with E-state index in [9.17, 15) is 29.1 Å². The molecule has 7 rings (SSSR count). The summed E-state index contributed by atoms with van der Waals surface area (Å²) < 4.78 is 26.1. The number of carboxylic acid groups (broad SMARTS) is 1. The molecule has 6 fully saturated rings. The Hall–Kier alpha value is -3.35. The van der Waals surface area contributed by atoms with E-state index in [1.165, 1.54) is 19.2 Å². The molecule has 0 aromatic heterocycles. The first-order valence-electron chi connectivity index (χ1n) is 14.8. The largest absolute Gasteiger partial charge is 0.496 e. The molecule has 220 valence electrons. The molecule has 0 saturated heterocycles. The van der Waals surface area contributed by atoms with E-state index < -0.39 is 23.0 Å². The van der Waals surface area contributed by atoms with Gasteiger partial charge in [-0.3, -0.25) is 14.4 Å². The highest BCUT2D eigenvalue weighted by molar-refractivity contribution is 5.98. The van der Waals surface area contributed by atoms with Crippen LogP contribution in [-0.4, -0.2) is 53.9 Å². The fraction of sp³-hybridized carbons (Fsp3) is 0.677. The van der Waals surface area contributed by atoms with Crippen molar-refractivity contribution >= 4 is 17.8 Å². The van der Waals surface area contributed by atoms with E-state index in [0.717, 1.165) is 19.3 Å². The van der Waals surface area contributed by atoms with E-state index in [1.807, 2.05) is 0 Å². The number of aliphatic carboxylic acids is 1. The zero-order valence-corrected chi connectivity index (χ0v) is 23.6. The van der Waals surface area contributed by atoms with E-state index in [-0.39, 0.29) is 70.4 Å². The monoisotopic (exact) mass is 567 g/mol. The fourth-order valence-corrected chi connectivity index (χ4v) is 8.28. The lowest BCUT2D eigenvalue weighted by molar-refractivity contribution is -0.150. The van der Waals surface area contributed by atoms with Gasteiger partial charge in [-0.15, -0.1) is 0 Å². The number of carbonyl (C=O) groups is 3. The van der Waals surface area contributed by atoms with E-state index in [0.29, 0.717) is 44.9 Å². The Morgan fingerprint density at radius 3 is 2.34 bits per heavy atom. The lowest BCUT2D eigenvalue weighted by atomic mass is 9.75. The number of rotatable bonds is 8. The number of carboxylic acids is 1. The minimum absolute atomic E-state index is 0.0925. The maximum Gasteiger partial charge on any atom is 0.309 e. The van der Waals surface area contributed by atoms with Gasteiger partial charge in [0.15, 0.2) is 0 Å². The van der Waals surface area contributed by atoms with Gasteiger partial charge in [0.1, 0.15) is 23.2 Å². The van der Waals surface area contributed by atoms with Gasteiger partial charge in [0.25, 0.3) is 5.91 Å². The molecular weight excluding hydrogens is 529 g/mol. The summed E-state index contributed by atoms with van der Waals surface area (Å²) in [4.78, 5) is 38.8. The van der Waals surface area contributed by atoms with Crippen LogP contribution in [0.5, 0.6) is 11.5 Å². The minimum atomic E-state index is -1.12. The Bertz CT molecular complexity index is 1300. The normalized spacial score (nSPS) is 38.4. The summed E-state index contributed by atoms with van der Waals surface area (Å²) in [5.41, 5.74) is -1.48. The first kappa shape index (κ1) is 27.8. The van der Waals surface area contributed by atoms with Crippen molar-refractivity contribution in [3.63, 3.8) is 0 Å².